The molecule has 2 nitrogen and oxygen atoms in total. The molecule has 0 bridgehead atoms. The second kappa shape index (κ2) is 6.01. The summed E-state index contributed by atoms with van der Waals surface area (Å²) in [5, 5.41) is 0.369. The molecule has 2 aromatic carbocycles. The first-order valence-corrected chi connectivity index (χ1v) is 6.20. The minimum Gasteiger partial charge on any atom is -0.496 e. The third-order valence-electron chi connectivity index (χ3n) is 2.84. The SMILES string of the molecule is COc1ccc(Cl)cc1C(=O)Cc1cccc(F)c1F. The van der Waals surface area contributed by atoms with E-state index in [2.05, 4.69) is 0 Å². The van der Waals surface area contributed by atoms with Gasteiger partial charge in [-0.25, -0.2) is 8.78 Å². The van der Waals surface area contributed by atoms with Gasteiger partial charge < -0.3 is 4.74 Å². The molecule has 0 fully saturated rings. The Balaban J connectivity index is 2.33. The molecule has 0 aliphatic carbocycles. The number of halogens is 3. The first-order chi connectivity index (χ1) is 9.52. The maximum absolute atomic E-state index is 13.6. The molecule has 0 aliphatic heterocycles. The fraction of sp³-hybridized carbons (Fsp3) is 0.133. The molecular weight excluding hydrogens is 286 g/mol. The van der Waals surface area contributed by atoms with E-state index in [-0.39, 0.29) is 17.5 Å². The van der Waals surface area contributed by atoms with E-state index in [0.717, 1.165) is 6.07 Å². The highest BCUT2D eigenvalue weighted by atomic mass is 35.5. The summed E-state index contributed by atoms with van der Waals surface area (Å²) >= 11 is 5.84. The molecule has 0 heterocycles. The van der Waals surface area contributed by atoms with E-state index in [1.54, 1.807) is 12.1 Å². The van der Waals surface area contributed by atoms with Crippen LogP contribution < -0.4 is 4.74 Å². The van der Waals surface area contributed by atoms with Crippen molar-refractivity contribution in [2.75, 3.05) is 7.11 Å². The van der Waals surface area contributed by atoms with Crippen LogP contribution in [0.2, 0.25) is 5.02 Å². The van der Waals surface area contributed by atoms with Gasteiger partial charge in [0.2, 0.25) is 0 Å². The lowest BCUT2D eigenvalue weighted by atomic mass is 10.0. The number of hydrogen-bond acceptors (Lipinski definition) is 2. The third kappa shape index (κ3) is 2.96. The maximum Gasteiger partial charge on any atom is 0.171 e. The molecule has 0 N–H and O–H groups in total. The van der Waals surface area contributed by atoms with E-state index in [1.165, 1.54) is 25.3 Å². The standard InChI is InChI=1S/C15H11ClF2O2/c1-20-14-6-5-10(16)8-11(14)13(19)7-9-3-2-4-12(17)15(9)18/h2-6,8H,7H2,1H3. The van der Waals surface area contributed by atoms with E-state index >= 15 is 0 Å². The fourth-order valence-corrected chi connectivity index (χ4v) is 2.02. The zero-order valence-electron chi connectivity index (χ0n) is 10.6. The van der Waals surface area contributed by atoms with Gasteiger partial charge in [0, 0.05) is 11.4 Å². The van der Waals surface area contributed by atoms with E-state index in [9.17, 15) is 13.6 Å². The van der Waals surface area contributed by atoms with Crippen molar-refractivity contribution in [1.29, 1.82) is 0 Å². The second-order valence-electron chi connectivity index (χ2n) is 4.16. The monoisotopic (exact) mass is 296 g/mol. The summed E-state index contributed by atoms with van der Waals surface area (Å²) < 4.78 is 31.7. The van der Waals surface area contributed by atoms with Gasteiger partial charge in [0.1, 0.15) is 5.75 Å². The van der Waals surface area contributed by atoms with Crippen molar-refractivity contribution in [3.05, 3.63) is 64.2 Å². The van der Waals surface area contributed by atoms with Crippen molar-refractivity contribution in [3.8, 4) is 5.75 Å². The van der Waals surface area contributed by atoms with Crippen LogP contribution in [0.25, 0.3) is 0 Å². The van der Waals surface area contributed by atoms with Gasteiger partial charge in [0.25, 0.3) is 0 Å². The third-order valence-corrected chi connectivity index (χ3v) is 3.08. The molecule has 0 unspecified atom stereocenters. The summed E-state index contributed by atoms with van der Waals surface area (Å²) in [6.45, 7) is 0. The van der Waals surface area contributed by atoms with Crippen LogP contribution in [-0.4, -0.2) is 12.9 Å². The smallest absolute Gasteiger partial charge is 0.171 e. The van der Waals surface area contributed by atoms with Crippen LogP contribution in [-0.2, 0) is 6.42 Å². The van der Waals surface area contributed by atoms with Crippen molar-refractivity contribution in [3.63, 3.8) is 0 Å². The molecule has 5 heteroatoms. The average molecular weight is 297 g/mol. The minimum absolute atomic E-state index is 0.00275. The van der Waals surface area contributed by atoms with Gasteiger partial charge in [-0.2, -0.15) is 0 Å². The summed E-state index contributed by atoms with van der Waals surface area (Å²) in [5.41, 5.74) is 0.237. The maximum atomic E-state index is 13.6. The summed E-state index contributed by atoms with van der Waals surface area (Å²) in [6.07, 6.45) is -0.264. The lowest BCUT2D eigenvalue weighted by Gasteiger charge is -2.08. The van der Waals surface area contributed by atoms with Crippen LogP contribution in [0.1, 0.15) is 15.9 Å². The van der Waals surface area contributed by atoms with E-state index < -0.39 is 17.4 Å². The molecule has 20 heavy (non-hydrogen) atoms. The van der Waals surface area contributed by atoms with Gasteiger partial charge in [-0.15, -0.1) is 0 Å². The molecular formula is C15H11ClF2O2. The number of ketones is 1. The molecule has 2 rings (SSSR count). The molecule has 104 valence electrons. The van der Waals surface area contributed by atoms with Gasteiger partial charge in [-0.3, -0.25) is 4.79 Å². The molecule has 0 aliphatic rings. The number of Topliss-reactive ketones (excluding diaryl/α,β-unsaturated/α-hetero) is 1. The lowest BCUT2D eigenvalue weighted by molar-refractivity contribution is 0.0988. The number of hydrogen-bond donors (Lipinski definition) is 0. The molecule has 0 aromatic heterocycles. The molecule has 0 radical (unpaired) electrons. The van der Waals surface area contributed by atoms with Crippen molar-refractivity contribution in [2.24, 2.45) is 0 Å². The highest BCUT2D eigenvalue weighted by molar-refractivity contribution is 6.31. The van der Waals surface area contributed by atoms with E-state index in [4.69, 9.17) is 16.3 Å². The highest BCUT2D eigenvalue weighted by Gasteiger charge is 2.16. The average Bonchev–Trinajstić information content (AvgIpc) is 2.43. The Hall–Kier alpha value is -1.94. The van der Waals surface area contributed by atoms with E-state index in [1.807, 2.05) is 0 Å². The van der Waals surface area contributed by atoms with Crippen LogP contribution in [0.3, 0.4) is 0 Å². The summed E-state index contributed by atoms with van der Waals surface area (Å²) in [5.74, 6) is -2.04. The summed E-state index contributed by atoms with van der Waals surface area (Å²) in [4.78, 5) is 12.2. The highest BCUT2D eigenvalue weighted by Crippen LogP contribution is 2.24. The predicted octanol–water partition coefficient (Wildman–Crippen LogP) is 4.05. The van der Waals surface area contributed by atoms with Gasteiger partial charge in [-0.1, -0.05) is 23.7 Å². The van der Waals surface area contributed by atoms with Crippen LogP contribution in [0.5, 0.6) is 5.75 Å². The quantitative estimate of drug-likeness (QED) is 0.796. The second-order valence-corrected chi connectivity index (χ2v) is 4.59. The van der Waals surface area contributed by atoms with Gasteiger partial charge >= 0.3 is 0 Å². The van der Waals surface area contributed by atoms with Gasteiger partial charge in [0.05, 0.1) is 12.7 Å². The number of methoxy groups -OCH3 is 1. The Morgan fingerprint density at radius 1 is 1.25 bits per heavy atom. The summed E-state index contributed by atoms with van der Waals surface area (Å²) in [7, 11) is 1.42. The van der Waals surface area contributed by atoms with Gasteiger partial charge in [0.15, 0.2) is 17.4 Å². The Bertz CT molecular complexity index is 656. The van der Waals surface area contributed by atoms with Crippen LogP contribution in [0.4, 0.5) is 8.78 Å². The van der Waals surface area contributed by atoms with Crippen molar-refractivity contribution < 1.29 is 18.3 Å². The number of benzene rings is 2. The largest absolute Gasteiger partial charge is 0.496 e. The normalized spacial score (nSPS) is 10.4. The van der Waals surface area contributed by atoms with Crippen LogP contribution in [0.15, 0.2) is 36.4 Å². The number of carbonyl (C=O) groups excluding carboxylic acids is 1. The molecule has 0 amide bonds. The van der Waals surface area contributed by atoms with Crippen LogP contribution >= 0.6 is 11.6 Å². The Morgan fingerprint density at radius 2 is 2.00 bits per heavy atom. The first kappa shape index (κ1) is 14.5. The lowest BCUT2D eigenvalue weighted by Crippen LogP contribution is -2.08. The van der Waals surface area contributed by atoms with Crippen molar-refractivity contribution in [2.45, 2.75) is 6.42 Å². The molecule has 2 aromatic rings. The zero-order chi connectivity index (χ0) is 14.7. The topological polar surface area (TPSA) is 26.3 Å². The van der Waals surface area contributed by atoms with Crippen molar-refractivity contribution in [1.82, 2.24) is 0 Å². The van der Waals surface area contributed by atoms with E-state index in [0.29, 0.717) is 10.8 Å². The molecule has 0 saturated carbocycles. The van der Waals surface area contributed by atoms with Crippen molar-refractivity contribution >= 4 is 17.4 Å². The summed E-state index contributed by atoms with van der Waals surface area (Å²) in [6, 6.07) is 8.31. The number of ether oxygens (including phenoxy) is 1. The molecule has 0 saturated heterocycles. The fourth-order valence-electron chi connectivity index (χ4n) is 1.85. The minimum atomic E-state index is -1.01. The molecule has 0 spiro atoms. The first-order valence-electron chi connectivity index (χ1n) is 5.82. The number of rotatable bonds is 4. The Labute approximate surface area is 119 Å². The predicted molar refractivity (Wildman–Crippen MR) is 72.4 cm³/mol. The van der Waals surface area contributed by atoms with Gasteiger partial charge in [-0.05, 0) is 29.8 Å². The molecule has 0 atom stereocenters. The Kier molecular flexibility index (Phi) is 4.35. The Morgan fingerprint density at radius 3 is 2.70 bits per heavy atom. The number of carbonyl (C=O) groups is 1. The zero-order valence-corrected chi connectivity index (χ0v) is 11.4. The van der Waals surface area contributed by atoms with Crippen LogP contribution in [0, 0.1) is 11.6 Å².